The van der Waals surface area contributed by atoms with Crippen molar-refractivity contribution in [3.05, 3.63) is 0 Å². The lowest BCUT2D eigenvalue weighted by Gasteiger charge is -2.25. The number of nitrogens with one attached hydrogen (secondary N) is 2. The Labute approximate surface area is 120 Å². The average molecular weight is 300 g/mol. The van der Waals surface area contributed by atoms with Gasteiger partial charge in [-0.3, -0.25) is 4.79 Å². The first-order chi connectivity index (χ1) is 9.53. The number of sulfone groups is 1. The van der Waals surface area contributed by atoms with E-state index in [-0.39, 0.29) is 29.5 Å². The molecular formula is C14H24N2O3S. The van der Waals surface area contributed by atoms with Crippen LogP contribution in [0.2, 0.25) is 0 Å². The normalized spacial score (nSPS) is 37.3. The third kappa shape index (κ3) is 3.17. The minimum Gasteiger partial charge on any atom is -0.352 e. The Balaban J connectivity index is 1.50. The second kappa shape index (κ2) is 5.64. The van der Waals surface area contributed by atoms with E-state index in [4.69, 9.17) is 0 Å². The van der Waals surface area contributed by atoms with E-state index < -0.39 is 9.84 Å². The quantitative estimate of drug-likeness (QED) is 0.783. The van der Waals surface area contributed by atoms with Crippen LogP contribution in [0.3, 0.4) is 0 Å². The lowest BCUT2D eigenvalue weighted by Crippen LogP contribution is -2.48. The fourth-order valence-electron chi connectivity index (χ4n) is 3.86. The third-order valence-corrected chi connectivity index (χ3v) is 6.80. The number of fused-ring (bicyclic) bond motifs is 1. The van der Waals surface area contributed by atoms with Crippen LogP contribution in [0.5, 0.6) is 0 Å². The van der Waals surface area contributed by atoms with Crippen LogP contribution in [-0.2, 0) is 14.6 Å². The highest BCUT2D eigenvalue weighted by molar-refractivity contribution is 7.91. The molecule has 0 aromatic rings. The minimum absolute atomic E-state index is 0.0375. The molecule has 2 heterocycles. The second-order valence-electron chi connectivity index (χ2n) is 6.54. The fourth-order valence-corrected chi connectivity index (χ4v) is 5.35. The van der Waals surface area contributed by atoms with Gasteiger partial charge in [-0.25, -0.2) is 8.42 Å². The highest BCUT2D eigenvalue weighted by Crippen LogP contribution is 2.33. The van der Waals surface area contributed by atoms with Crippen molar-refractivity contribution in [2.24, 2.45) is 5.92 Å². The number of hydrogen-bond acceptors (Lipinski definition) is 4. The Morgan fingerprint density at radius 1 is 1.05 bits per heavy atom. The minimum atomic E-state index is -2.85. The molecule has 2 N–H and O–H groups in total. The SMILES string of the molecule is O=C(NC1CCS(=O)(=O)CC1)[C@@H]1C[C@@H]2CCCC[C@H]2N1. The van der Waals surface area contributed by atoms with Gasteiger partial charge in [0.1, 0.15) is 9.84 Å². The Kier molecular flexibility index (Phi) is 4.04. The van der Waals surface area contributed by atoms with Gasteiger partial charge in [0.2, 0.25) is 5.91 Å². The molecule has 114 valence electrons. The van der Waals surface area contributed by atoms with Crippen molar-refractivity contribution < 1.29 is 13.2 Å². The summed E-state index contributed by atoms with van der Waals surface area (Å²) in [6, 6.07) is 0.489. The van der Waals surface area contributed by atoms with Crippen molar-refractivity contribution in [3.8, 4) is 0 Å². The first-order valence-electron chi connectivity index (χ1n) is 7.80. The maximum absolute atomic E-state index is 12.3. The second-order valence-corrected chi connectivity index (χ2v) is 8.84. The molecule has 0 spiro atoms. The van der Waals surface area contributed by atoms with Crippen LogP contribution in [-0.4, -0.2) is 44.0 Å². The fraction of sp³-hybridized carbons (Fsp3) is 0.929. The largest absolute Gasteiger partial charge is 0.352 e. The molecule has 0 unspecified atom stereocenters. The van der Waals surface area contributed by atoms with E-state index in [1.165, 1.54) is 25.7 Å². The van der Waals surface area contributed by atoms with Crippen LogP contribution in [0.15, 0.2) is 0 Å². The topological polar surface area (TPSA) is 75.3 Å². The highest BCUT2D eigenvalue weighted by atomic mass is 32.2. The highest BCUT2D eigenvalue weighted by Gasteiger charge is 2.38. The number of amides is 1. The van der Waals surface area contributed by atoms with E-state index in [1.54, 1.807) is 0 Å². The molecule has 0 bridgehead atoms. The third-order valence-electron chi connectivity index (χ3n) is 5.08. The number of rotatable bonds is 2. The Morgan fingerprint density at radius 2 is 1.75 bits per heavy atom. The summed E-state index contributed by atoms with van der Waals surface area (Å²) in [6.07, 6.45) is 7.06. The number of hydrogen-bond donors (Lipinski definition) is 2. The Morgan fingerprint density at radius 3 is 2.45 bits per heavy atom. The zero-order chi connectivity index (χ0) is 14.2. The number of carbonyl (C=O) groups is 1. The summed E-state index contributed by atoms with van der Waals surface area (Å²) in [5.74, 6) is 1.15. The summed E-state index contributed by atoms with van der Waals surface area (Å²) in [4.78, 5) is 12.3. The van der Waals surface area contributed by atoms with Gasteiger partial charge in [-0.05, 0) is 38.0 Å². The first kappa shape index (κ1) is 14.3. The van der Waals surface area contributed by atoms with Gasteiger partial charge in [-0.2, -0.15) is 0 Å². The van der Waals surface area contributed by atoms with Gasteiger partial charge in [0, 0.05) is 12.1 Å². The van der Waals surface area contributed by atoms with Crippen molar-refractivity contribution in [1.82, 2.24) is 10.6 Å². The Hall–Kier alpha value is -0.620. The molecule has 1 aliphatic carbocycles. The van der Waals surface area contributed by atoms with Gasteiger partial charge in [-0.15, -0.1) is 0 Å². The van der Waals surface area contributed by atoms with Crippen LogP contribution < -0.4 is 10.6 Å². The molecule has 3 rings (SSSR count). The van der Waals surface area contributed by atoms with Gasteiger partial charge >= 0.3 is 0 Å². The van der Waals surface area contributed by atoms with Crippen molar-refractivity contribution in [2.75, 3.05) is 11.5 Å². The molecule has 5 nitrogen and oxygen atoms in total. The van der Waals surface area contributed by atoms with E-state index in [0.717, 1.165) is 6.42 Å². The van der Waals surface area contributed by atoms with Crippen molar-refractivity contribution in [1.29, 1.82) is 0 Å². The summed E-state index contributed by atoms with van der Waals surface area (Å²) in [5.41, 5.74) is 0. The lowest BCUT2D eigenvalue weighted by atomic mass is 9.85. The molecule has 2 saturated heterocycles. The van der Waals surface area contributed by atoms with Crippen LogP contribution in [0.25, 0.3) is 0 Å². The molecule has 3 atom stereocenters. The average Bonchev–Trinajstić information content (AvgIpc) is 2.85. The molecule has 1 amide bonds. The zero-order valence-corrected chi connectivity index (χ0v) is 12.6. The van der Waals surface area contributed by atoms with Gasteiger partial charge in [0.15, 0.2) is 0 Å². The predicted octanol–water partition coefficient (Wildman–Crippen LogP) is 0.600. The predicted molar refractivity (Wildman–Crippen MR) is 77.1 cm³/mol. The molecule has 3 fully saturated rings. The molecule has 20 heavy (non-hydrogen) atoms. The van der Waals surface area contributed by atoms with Gasteiger partial charge < -0.3 is 10.6 Å². The summed E-state index contributed by atoms with van der Waals surface area (Å²) in [7, 11) is -2.85. The first-order valence-corrected chi connectivity index (χ1v) is 9.62. The maximum Gasteiger partial charge on any atom is 0.237 e. The summed E-state index contributed by atoms with van der Waals surface area (Å²) in [6.45, 7) is 0. The summed E-state index contributed by atoms with van der Waals surface area (Å²) >= 11 is 0. The molecule has 0 aromatic carbocycles. The van der Waals surface area contributed by atoms with Crippen LogP contribution >= 0.6 is 0 Å². The van der Waals surface area contributed by atoms with E-state index in [9.17, 15) is 13.2 Å². The molecule has 3 aliphatic rings. The molecule has 2 aliphatic heterocycles. The molecule has 1 saturated carbocycles. The van der Waals surface area contributed by atoms with Crippen LogP contribution in [0, 0.1) is 5.92 Å². The molecule has 0 aromatic heterocycles. The van der Waals surface area contributed by atoms with Crippen molar-refractivity contribution in [2.45, 2.75) is 63.1 Å². The van der Waals surface area contributed by atoms with Gasteiger partial charge in [0.25, 0.3) is 0 Å². The monoisotopic (exact) mass is 300 g/mol. The standard InChI is InChI=1S/C14H24N2O3S/c17-14(15-11-5-7-20(18,19)8-6-11)13-9-10-3-1-2-4-12(10)16-13/h10-13,16H,1-9H2,(H,15,17)/t10-,12+,13-/m0/s1. The molecule has 6 heteroatoms. The van der Waals surface area contributed by atoms with Crippen LogP contribution in [0.4, 0.5) is 0 Å². The summed E-state index contributed by atoms with van der Waals surface area (Å²) < 4.78 is 22.8. The number of carbonyl (C=O) groups excluding carboxylic acids is 1. The van der Waals surface area contributed by atoms with E-state index in [2.05, 4.69) is 10.6 Å². The van der Waals surface area contributed by atoms with E-state index in [0.29, 0.717) is 24.8 Å². The summed E-state index contributed by atoms with van der Waals surface area (Å²) in [5, 5.41) is 6.51. The zero-order valence-electron chi connectivity index (χ0n) is 11.8. The van der Waals surface area contributed by atoms with Crippen molar-refractivity contribution >= 4 is 15.7 Å². The maximum atomic E-state index is 12.3. The van der Waals surface area contributed by atoms with E-state index >= 15 is 0 Å². The smallest absolute Gasteiger partial charge is 0.237 e. The molecule has 0 radical (unpaired) electrons. The van der Waals surface area contributed by atoms with Gasteiger partial charge in [0.05, 0.1) is 17.5 Å². The Bertz CT molecular complexity index is 449. The lowest BCUT2D eigenvalue weighted by molar-refractivity contribution is -0.123. The van der Waals surface area contributed by atoms with Crippen molar-refractivity contribution in [3.63, 3.8) is 0 Å². The van der Waals surface area contributed by atoms with Crippen LogP contribution in [0.1, 0.15) is 44.9 Å². The van der Waals surface area contributed by atoms with Gasteiger partial charge in [-0.1, -0.05) is 12.8 Å². The van der Waals surface area contributed by atoms with E-state index in [1.807, 2.05) is 0 Å². The molecular weight excluding hydrogens is 276 g/mol.